The van der Waals surface area contributed by atoms with Gasteiger partial charge in [-0.1, -0.05) is 41.9 Å². The number of nitrogens with zero attached hydrogens (tertiary/aromatic N) is 1. The largest absolute Gasteiger partial charge is 0.492 e. The molecule has 1 heterocycles. The van der Waals surface area contributed by atoms with E-state index in [0.29, 0.717) is 33.5 Å². The predicted octanol–water partition coefficient (Wildman–Crippen LogP) is 5.42. The van der Waals surface area contributed by atoms with Crippen molar-refractivity contribution in [2.75, 3.05) is 26.0 Å². The lowest BCUT2D eigenvalue weighted by Gasteiger charge is -2.13. The Kier molecular flexibility index (Phi) is 6.56. The van der Waals surface area contributed by atoms with Gasteiger partial charge in [-0.15, -0.1) is 11.3 Å². The third kappa shape index (κ3) is 4.78. The van der Waals surface area contributed by atoms with E-state index < -0.39 is 0 Å². The normalized spacial score (nSPS) is 10.5. The van der Waals surface area contributed by atoms with E-state index in [-0.39, 0.29) is 11.8 Å². The number of carbonyl (C=O) groups excluding carboxylic acids is 2. The van der Waals surface area contributed by atoms with Gasteiger partial charge in [0.05, 0.1) is 17.3 Å². The number of halogens is 1. The first-order valence-corrected chi connectivity index (χ1v) is 10.2. The van der Waals surface area contributed by atoms with Crippen molar-refractivity contribution >= 4 is 40.4 Å². The summed E-state index contributed by atoms with van der Waals surface area (Å²) in [4.78, 5) is 28.1. The van der Waals surface area contributed by atoms with Crippen LogP contribution >= 0.6 is 22.9 Å². The summed E-state index contributed by atoms with van der Waals surface area (Å²) in [6.45, 7) is 2.31. The van der Waals surface area contributed by atoms with E-state index in [1.165, 1.54) is 16.2 Å². The number of nitrogens with one attached hydrogen (secondary N) is 1. The van der Waals surface area contributed by atoms with Gasteiger partial charge in [0.2, 0.25) is 0 Å². The Balaban J connectivity index is 1.92. The zero-order chi connectivity index (χ0) is 21.0. The highest BCUT2D eigenvalue weighted by molar-refractivity contribution is 7.17. The van der Waals surface area contributed by atoms with Crippen LogP contribution in [0.5, 0.6) is 5.75 Å². The van der Waals surface area contributed by atoms with Gasteiger partial charge in [-0.2, -0.15) is 0 Å². The van der Waals surface area contributed by atoms with Crippen molar-refractivity contribution in [1.82, 2.24) is 4.90 Å². The monoisotopic (exact) mass is 428 g/mol. The molecule has 2 aromatic carbocycles. The van der Waals surface area contributed by atoms with E-state index >= 15 is 0 Å². The molecule has 3 rings (SSSR count). The van der Waals surface area contributed by atoms with Gasteiger partial charge in [-0.25, -0.2) is 0 Å². The molecule has 150 valence electrons. The first-order valence-electron chi connectivity index (χ1n) is 9.05. The molecule has 1 N–H and O–H groups in total. The molecular formula is C22H21ClN2O3S. The topological polar surface area (TPSA) is 58.6 Å². The van der Waals surface area contributed by atoms with Crippen LogP contribution in [0.2, 0.25) is 5.02 Å². The number of amides is 2. The van der Waals surface area contributed by atoms with E-state index in [0.717, 1.165) is 10.4 Å². The van der Waals surface area contributed by atoms with Crippen LogP contribution < -0.4 is 10.1 Å². The Morgan fingerprint density at radius 2 is 1.83 bits per heavy atom. The number of hydrogen-bond donors (Lipinski definition) is 1. The Morgan fingerprint density at radius 1 is 1.10 bits per heavy atom. The summed E-state index contributed by atoms with van der Waals surface area (Å²) >= 11 is 7.59. The second kappa shape index (κ2) is 9.11. The molecule has 0 aliphatic rings. The van der Waals surface area contributed by atoms with Gasteiger partial charge >= 0.3 is 0 Å². The minimum Gasteiger partial charge on any atom is -0.492 e. The number of ether oxygens (including phenoxy) is 1. The fourth-order valence-corrected chi connectivity index (χ4v) is 3.90. The number of anilines is 1. The zero-order valence-electron chi connectivity index (χ0n) is 16.4. The van der Waals surface area contributed by atoms with Crippen LogP contribution in [0.4, 0.5) is 5.69 Å². The van der Waals surface area contributed by atoms with Crippen LogP contribution in [0.15, 0.2) is 54.6 Å². The van der Waals surface area contributed by atoms with E-state index in [2.05, 4.69) is 5.32 Å². The minimum atomic E-state index is -0.336. The highest BCUT2D eigenvalue weighted by atomic mass is 35.5. The van der Waals surface area contributed by atoms with Crippen molar-refractivity contribution < 1.29 is 14.3 Å². The smallest absolute Gasteiger partial charge is 0.269 e. The average molecular weight is 429 g/mol. The van der Waals surface area contributed by atoms with E-state index in [9.17, 15) is 9.59 Å². The standard InChI is InChI=1S/C22H21ClN2O3S/c1-4-28-18-13-19(14-8-6-5-7-9-14)29-20(18)21(26)24-17-12-15(10-11-16(17)23)22(27)25(2)3/h5-13H,4H2,1-3H3,(H,24,26). The fraction of sp³-hybridized carbons (Fsp3) is 0.182. The highest BCUT2D eigenvalue weighted by Crippen LogP contribution is 2.37. The maximum Gasteiger partial charge on any atom is 0.269 e. The summed E-state index contributed by atoms with van der Waals surface area (Å²) in [5.74, 6) is 0.0112. The summed E-state index contributed by atoms with van der Waals surface area (Å²) in [6.07, 6.45) is 0. The molecule has 0 fully saturated rings. The third-order valence-electron chi connectivity index (χ3n) is 4.13. The third-order valence-corrected chi connectivity index (χ3v) is 5.62. The van der Waals surface area contributed by atoms with Crippen LogP contribution in [0.25, 0.3) is 10.4 Å². The Hall–Kier alpha value is -2.83. The number of thiophene rings is 1. The molecule has 2 amide bonds. The molecule has 0 saturated carbocycles. The maximum atomic E-state index is 13.0. The highest BCUT2D eigenvalue weighted by Gasteiger charge is 2.20. The summed E-state index contributed by atoms with van der Waals surface area (Å²) in [6, 6.07) is 16.5. The lowest BCUT2D eigenvalue weighted by Crippen LogP contribution is -2.22. The summed E-state index contributed by atoms with van der Waals surface area (Å²) < 4.78 is 5.68. The number of benzene rings is 2. The summed E-state index contributed by atoms with van der Waals surface area (Å²) in [5.41, 5.74) is 1.83. The van der Waals surface area contributed by atoms with E-state index in [1.807, 2.05) is 43.3 Å². The predicted molar refractivity (Wildman–Crippen MR) is 118 cm³/mol. The first-order chi connectivity index (χ1) is 13.9. The van der Waals surface area contributed by atoms with E-state index in [4.69, 9.17) is 16.3 Å². The molecule has 3 aromatic rings. The minimum absolute atomic E-state index is 0.172. The van der Waals surface area contributed by atoms with Gasteiger partial charge in [-0.3, -0.25) is 9.59 Å². The molecule has 7 heteroatoms. The second-order valence-electron chi connectivity index (χ2n) is 6.45. The summed E-state index contributed by atoms with van der Waals surface area (Å²) in [7, 11) is 3.33. The molecule has 0 bridgehead atoms. The van der Waals surface area contributed by atoms with Crippen molar-refractivity contribution in [1.29, 1.82) is 0 Å². The number of rotatable bonds is 6. The molecule has 5 nitrogen and oxygen atoms in total. The van der Waals surface area contributed by atoms with Gasteiger partial charge in [-0.05, 0) is 36.8 Å². The van der Waals surface area contributed by atoms with Crippen molar-refractivity contribution in [2.24, 2.45) is 0 Å². The van der Waals surface area contributed by atoms with Gasteiger partial charge in [0.25, 0.3) is 11.8 Å². The Morgan fingerprint density at radius 3 is 2.48 bits per heavy atom. The van der Waals surface area contributed by atoms with Crippen molar-refractivity contribution in [2.45, 2.75) is 6.92 Å². The van der Waals surface area contributed by atoms with E-state index in [1.54, 1.807) is 32.3 Å². The molecule has 0 saturated heterocycles. The summed E-state index contributed by atoms with van der Waals surface area (Å²) in [5, 5.41) is 3.17. The van der Waals surface area contributed by atoms with Crippen LogP contribution in [0.3, 0.4) is 0 Å². The SMILES string of the molecule is CCOc1cc(-c2ccccc2)sc1C(=O)Nc1cc(C(=O)N(C)C)ccc1Cl. The maximum absolute atomic E-state index is 13.0. The Bertz CT molecular complexity index is 1030. The molecule has 0 spiro atoms. The van der Waals surface area contributed by atoms with Crippen molar-refractivity contribution in [3.8, 4) is 16.2 Å². The quantitative estimate of drug-likeness (QED) is 0.570. The van der Waals surface area contributed by atoms with Gasteiger partial charge in [0, 0.05) is 24.5 Å². The van der Waals surface area contributed by atoms with Gasteiger partial charge in [0.1, 0.15) is 10.6 Å². The van der Waals surface area contributed by atoms with Crippen molar-refractivity contribution in [3.05, 3.63) is 70.1 Å². The average Bonchev–Trinajstić information content (AvgIpc) is 3.14. The van der Waals surface area contributed by atoms with Crippen molar-refractivity contribution in [3.63, 3.8) is 0 Å². The molecule has 29 heavy (non-hydrogen) atoms. The first kappa shape index (κ1) is 20.9. The van der Waals surface area contributed by atoms with Crippen LogP contribution in [-0.2, 0) is 0 Å². The molecule has 0 aliphatic heterocycles. The molecule has 0 unspecified atom stereocenters. The lowest BCUT2D eigenvalue weighted by molar-refractivity contribution is 0.0827. The fourth-order valence-electron chi connectivity index (χ4n) is 2.73. The molecular weight excluding hydrogens is 408 g/mol. The molecule has 1 aromatic heterocycles. The second-order valence-corrected chi connectivity index (χ2v) is 7.91. The van der Waals surface area contributed by atoms with Crippen LogP contribution in [0.1, 0.15) is 27.0 Å². The molecule has 0 aliphatic carbocycles. The zero-order valence-corrected chi connectivity index (χ0v) is 17.9. The van der Waals surface area contributed by atoms with Crippen LogP contribution in [-0.4, -0.2) is 37.4 Å². The number of carbonyl (C=O) groups is 2. The lowest BCUT2D eigenvalue weighted by atomic mass is 10.1. The molecule has 0 radical (unpaired) electrons. The molecule has 0 atom stereocenters. The van der Waals surface area contributed by atoms with Crippen LogP contribution in [0, 0.1) is 0 Å². The van der Waals surface area contributed by atoms with Gasteiger partial charge in [0.15, 0.2) is 0 Å². The Labute approximate surface area is 178 Å². The van der Waals surface area contributed by atoms with Gasteiger partial charge < -0.3 is 15.0 Å². The number of hydrogen-bond acceptors (Lipinski definition) is 4.